The fourth-order valence-corrected chi connectivity index (χ4v) is 3.93. The van der Waals surface area contributed by atoms with Crippen LogP contribution in [0.2, 0.25) is 0 Å². The van der Waals surface area contributed by atoms with Gasteiger partial charge < -0.3 is 14.4 Å². The molecule has 0 aromatic carbocycles. The van der Waals surface area contributed by atoms with Crippen molar-refractivity contribution in [3.63, 3.8) is 0 Å². The van der Waals surface area contributed by atoms with Gasteiger partial charge in [0.05, 0.1) is 12.5 Å². The second kappa shape index (κ2) is 8.10. The number of hydrogen-bond donors (Lipinski definition) is 0. The zero-order valence-corrected chi connectivity index (χ0v) is 16.2. The zero-order valence-electron chi connectivity index (χ0n) is 16.2. The Morgan fingerprint density at radius 2 is 1.86 bits per heavy atom. The number of likely N-dealkylation sites (tertiary alicyclic amines) is 1. The van der Waals surface area contributed by atoms with Crippen molar-refractivity contribution in [3.05, 3.63) is 48.3 Å². The van der Waals surface area contributed by atoms with Crippen molar-refractivity contribution < 1.29 is 9.59 Å². The first kappa shape index (κ1) is 18.6. The van der Waals surface area contributed by atoms with E-state index in [-0.39, 0.29) is 17.7 Å². The molecule has 1 atom stereocenters. The van der Waals surface area contributed by atoms with Crippen molar-refractivity contribution >= 4 is 11.8 Å². The topological polar surface area (TPSA) is 74.6 Å². The maximum absolute atomic E-state index is 12.9. The molecule has 0 radical (unpaired) electrons. The fraction of sp³-hybridized carbons (Fsp3) is 0.500. The summed E-state index contributed by atoms with van der Waals surface area (Å²) in [5.74, 6) is 0.981. The number of hydrogen-bond acceptors (Lipinski definition) is 5. The van der Waals surface area contributed by atoms with Crippen molar-refractivity contribution in [2.75, 3.05) is 32.7 Å². The van der Waals surface area contributed by atoms with E-state index < -0.39 is 0 Å². The molecular weight excluding hydrogens is 356 g/mol. The van der Waals surface area contributed by atoms with Gasteiger partial charge in [-0.05, 0) is 17.7 Å². The summed E-state index contributed by atoms with van der Waals surface area (Å²) in [6.45, 7) is 4.93. The summed E-state index contributed by atoms with van der Waals surface area (Å²) in [5.41, 5.74) is 1.04. The van der Waals surface area contributed by atoms with E-state index >= 15 is 0 Å². The number of piperazine rings is 1. The molecule has 0 aliphatic carbocycles. The summed E-state index contributed by atoms with van der Waals surface area (Å²) in [4.78, 5) is 39.7. The van der Waals surface area contributed by atoms with Gasteiger partial charge in [0.1, 0.15) is 5.82 Å². The van der Waals surface area contributed by atoms with Gasteiger partial charge in [-0.3, -0.25) is 19.5 Å². The minimum Gasteiger partial charge on any atom is -0.340 e. The molecule has 2 fully saturated rings. The molecule has 8 nitrogen and oxygen atoms in total. The lowest BCUT2D eigenvalue weighted by Gasteiger charge is -2.35. The first-order chi connectivity index (χ1) is 13.6. The van der Waals surface area contributed by atoms with Crippen LogP contribution in [0.3, 0.4) is 0 Å². The Balaban J connectivity index is 1.28. The third-order valence-corrected chi connectivity index (χ3v) is 5.66. The number of imidazole rings is 1. The minimum absolute atomic E-state index is 0.0589. The third kappa shape index (κ3) is 4.06. The molecule has 2 saturated heterocycles. The first-order valence-corrected chi connectivity index (χ1v) is 9.74. The van der Waals surface area contributed by atoms with Crippen LogP contribution in [0.25, 0.3) is 0 Å². The molecule has 28 heavy (non-hydrogen) atoms. The molecule has 4 heterocycles. The van der Waals surface area contributed by atoms with Crippen molar-refractivity contribution in [1.29, 1.82) is 0 Å². The van der Waals surface area contributed by atoms with Crippen molar-refractivity contribution in [3.8, 4) is 0 Å². The Labute approximate surface area is 164 Å². The standard InChI is InChI=1S/C20H26N6O2/c1-23-7-6-22-18(23)15-24-8-10-25(11-9-24)20(28)17-12-19(27)26(14-17)13-16-2-4-21-5-3-16/h2-7,17H,8-15H2,1H3/t17-/m0/s1. The van der Waals surface area contributed by atoms with Crippen LogP contribution in [0.4, 0.5) is 0 Å². The monoisotopic (exact) mass is 382 g/mol. The van der Waals surface area contributed by atoms with Crippen LogP contribution in [-0.2, 0) is 29.7 Å². The van der Waals surface area contributed by atoms with Crippen LogP contribution >= 0.6 is 0 Å². The van der Waals surface area contributed by atoms with Gasteiger partial charge in [0.25, 0.3) is 0 Å². The highest BCUT2D eigenvalue weighted by Gasteiger charge is 2.37. The second-order valence-electron chi connectivity index (χ2n) is 7.59. The molecule has 148 valence electrons. The Bertz CT molecular complexity index is 828. The lowest BCUT2D eigenvalue weighted by atomic mass is 10.1. The number of rotatable bonds is 5. The highest BCUT2D eigenvalue weighted by atomic mass is 16.2. The molecule has 4 rings (SSSR count). The van der Waals surface area contributed by atoms with E-state index in [4.69, 9.17) is 0 Å². The van der Waals surface area contributed by atoms with Crippen LogP contribution in [-0.4, -0.2) is 73.8 Å². The smallest absolute Gasteiger partial charge is 0.228 e. The Morgan fingerprint density at radius 3 is 2.54 bits per heavy atom. The van der Waals surface area contributed by atoms with Gasteiger partial charge in [-0.2, -0.15) is 0 Å². The maximum Gasteiger partial charge on any atom is 0.228 e. The van der Waals surface area contributed by atoms with E-state index in [0.29, 0.717) is 32.6 Å². The number of pyridine rings is 1. The van der Waals surface area contributed by atoms with Gasteiger partial charge in [0.2, 0.25) is 11.8 Å². The van der Waals surface area contributed by atoms with Crippen LogP contribution in [0.15, 0.2) is 36.9 Å². The molecule has 2 amide bonds. The van der Waals surface area contributed by atoms with Crippen LogP contribution in [0.1, 0.15) is 17.8 Å². The molecule has 0 bridgehead atoms. The summed E-state index contributed by atoms with van der Waals surface area (Å²) in [7, 11) is 2.00. The van der Waals surface area contributed by atoms with Crippen molar-refractivity contribution in [2.45, 2.75) is 19.5 Å². The Morgan fingerprint density at radius 1 is 1.11 bits per heavy atom. The number of aromatic nitrogens is 3. The molecular formula is C20H26N6O2. The van der Waals surface area contributed by atoms with Crippen molar-refractivity contribution in [1.82, 2.24) is 29.2 Å². The number of carbonyl (C=O) groups excluding carboxylic acids is 2. The molecule has 0 saturated carbocycles. The van der Waals surface area contributed by atoms with E-state index in [1.807, 2.05) is 41.0 Å². The van der Waals surface area contributed by atoms with Crippen LogP contribution in [0.5, 0.6) is 0 Å². The summed E-state index contributed by atoms with van der Waals surface area (Å²) in [5, 5.41) is 0. The van der Waals surface area contributed by atoms with Gasteiger partial charge in [0.15, 0.2) is 0 Å². The van der Waals surface area contributed by atoms with Gasteiger partial charge in [0, 0.05) is 77.5 Å². The summed E-state index contributed by atoms with van der Waals surface area (Å²) < 4.78 is 2.03. The Hall–Kier alpha value is -2.74. The first-order valence-electron chi connectivity index (χ1n) is 9.74. The predicted molar refractivity (Wildman–Crippen MR) is 103 cm³/mol. The lowest BCUT2D eigenvalue weighted by Crippen LogP contribution is -2.50. The normalized spacial score (nSPS) is 20.8. The van der Waals surface area contributed by atoms with Gasteiger partial charge in [-0.25, -0.2) is 4.98 Å². The fourth-order valence-electron chi connectivity index (χ4n) is 3.93. The van der Waals surface area contributed by atoms with Crippen LogP contribution < -0.4 is 0 Å². The van der Waals surface area contributed by atoms with E-state index in [0.717, 1.165) is 31.0 Å². The van der Waals surface area contributed by atoms with E-state index in [9.17, 15) is 9.59 Å². The van der Waals surface area contributed by atoms with Crippen LogP contribution in [0, 0.1) is 5.92 Å². The summed E-state index contributed by atoms with van der Waals surface area (Å²) in [6, 6.07) is 3.81. The van der Waals surface area contributed by atoms with Gasteiger partial charge in [-0.15, -0.1) is 0 Å². The second-order valence-corrected chi connectivity index (χ2v) is 7.59. The summed E-state index contributed by atoms with van der Waals surface area (Å²) >= 11 is 0. The number of carbonyl (C=O) groups is 2. The van der Waals surface area contributed by atoms with Crippen molar-refractivity contribution in [2.24, 2.45) is 13.0 Å². The highest BCUT2D eigenvalue weighted by molar-refractivity contribution is 5.89. The average molecular weight is 382 g/mol. The number of nitrogens with zero attached hydrogens (tertiary/aromatic N) is 6. The quantitative estimate of drug-likeness (QED) is 0.753. The average Bonchev–Trinajstić information content (AvgIpc) is 3.28. The number of aryl methyl sites for hydroxylation is 1. The molecule has 2 aliphatic heterocycles. The molecule has 0 unspecified atom stereocenters. The maximum atomic E-state index is 12.9. The largest absolute Gasteiger partial charge is 0.340 e. The predicted octanol–water partition coefficient (Wildman–Crippen LogP) is 0.508. The molecule has 0 N–H and O–H groups in total. The SMILES string of the molecule is Cn1ccnc1CN1CCN(C(=O)[C@H]2CC(=O)N(Cc3ccncc3)C2)CC1. The van der Waals surface area contributed by atoms with Gasteiger partial charge >= 0.3 is 0 Å². The summed E-state index contributed by atoms with van der Waals surface area (Å²) in [6.07, 6.45) is 7.52. The molecule has 2 aromatic heterocycles. The zero-order chi connectivity index (χ0) is 19.5. The molecule has 8 heteroatoms. The molecule has 2 aliphatic rings. The third-order valence-electron chi connectivity index (χ3n) is 5.66. The lowest BCUT2D eigenvalue weighted by molar-refractivity contribution is -0.137. The van der Waals surface area contributed by atoms with E-state index in [2.05, 4.69) is 14.9 Å². The highest BCUT2D eigenvalue weighted by Crippen LogP contribution is 2.23. The minimum atomic E-state index is -0.226. The Kier molecular flexibility index (Phi) is 5.38. The molecule has 0 spiro atoms. The number of amides is 2. The van der Waals surface area contributed by atoms with Gasteiger partial charge in [-0.1, -0.05) is 0 Å². The van der Waals surface area contributed by atoms with E-state index in [1.165, 1.54) is 0 Å². The van der Waals surface area contributed by atoms with E-state index in [1.54, 1.807) is 17.3 Å². The molecule has 2 aromatic rings.